The summed E-state index contributed by atoms with van der Waals surface area (Å²) in [4.78, 5) is 4.43. The molecule has 0 spiro atoms. The van der Waals surface area contributed by atoms with Gasteiger partial charge in [0.1, 0.15) is 34.9 Å². The summed E-state index contributed by atoms with van der Waals surface area (Å²) in [5, 5.41) is 9.35. The van der Waals surface area contributed by atoms with E-state index in [-0.39, 0.29) is 43.1 Å². The number of aryl methyl sites for hydroxylation is 1. The summed E-state index contributed by atoms with van der Waals surface area (Å²) in [6.45, 7) is 10.6. The molecule has 0 saturated carbocycles. The summed E-state index contributed by atoms with van der Waals surface area (Å²) < 4.78 is 57.8. The van der Waals surface area contributed by atoms with E-state index in [2.05, 4.69) is 55.6 Å². The van der Waals surface area contributed by atoms with Crippen molar-refractivity contribution in [1.82, 2.24) is 14.2 Å². The van der Waals surface area contributed by atoms with E-state index in [9.17, 15) is 5.26 Å². The number of imidazole rings is 1. The lowest BCUT2D eigenvalue weighted by Gasteiger charge is -2.39. The number of halogens is 1. The van der Waals surface area contributed by atoms with Crippen molar-refractivity contribution >= 4 is 19.6 Å². The van der Waals surface area contributed by atoms with E-state index in [0.29, 0.717) is 11.9 Å². The molecule has 1 unspecified atom stereocenters. The molecular formula is C43H50FN4O6P. The molecule has 1 aromatic heterocycles. The zero-order chi connectivity index (χ0) is 39.1. The first-order valence-electron chi connectivity index (χ1n) is 18.6. The lowest BCUT2D eigenvalue weighted by molar-refractivity contribution is -0.0911. The second-order valence-corrected chi connectivity index (χ2v) is 15.5. The maximum atomic E-state index is 15.1. The highest BCUT2D eigenvalue weighted by Gasteiger charge is 2.45. The van der Waals surface area contributed by atoms with Crippen molar-refractivity contribution in [3.05, 3.63) is 125 Å². The molecule has 1 aliphatic heterocycles. The van der Waals surface area contributed by atoms with Crippen LogP contribution in [0.2, 0.25) is 0 Å². The number of ether oxygens (including phenoxy) is 4. The Kier molecular flexibility index (Phi) is 13.2. The normalized spacial score (nSPS) is 18.0. The molecule has 0 radical (unpaired) electrons. The maximum absolute atomic E-state index is 15.1. The van der Waals surface area contributed by atoms with Crippen molar-refractivity contribution in [1.29, 1.82) is 5.26 Å². The van der Waals surface area contributed by atoms with Gasteiger partial charge in [0.05, 0.1) is 57.9 Å². The molecule has 0 bridgehead atoms. The molecule has 0 amide bonds. The molecule has 1 saturated heterocycles. The minimum absolute atomic E-state index is 0.0976. The first-order valence-corrected chi connectivity index (χ1v) is 19.7. The van der Waals surface area contributed by atoms with Crippen LogP contribution in [0.25, 0.3) is 11.0 Å². The maximum Gasteiger partial charge on any atom is 0.259 e. The fourth-order valence-corrected chi connectivity index (χ4v) is 9.03. The summed E-state index contributed by atoms with van der Waals surface area (Å²) >= 11 is 0. The fourth-order valence-electron chi connectivity index (χ4n) is 7.28. The Balaban J connectivity index is 1.44. The van der Waals surface area contributed by atoms with Gasteiger partial charge in [-0.05, 0) is 93.3 Å². The van der Waals surface area contributed by atoms with E-state index in [1.807, 2.05) is 84.3 Å². The van der Waals surface area contributed by atoms with Crippen LogP contribution in [0.5, 0.6) is 11.5 Å². The monoisotopic (exact) mass is 768 g/mol. The fraction of sp³-hybridized carbons (Fsp3) is 0.395. The molecule has 0 aliphatic carbocycles. The molecule has 1 fully saturated rings. The van der Waals surface area contributed by atoms with Crippen LogP contribution in [0.4, 0.5) is 4.39 Å². The summed E-state index contributed by atoms with van der Waals surface area (Å²) in [5.74, 6) is 1.06. The summed E-state index contributed by atoms with van der Waals surface area (Å²) in [6, 6.07) is 31.6. The molecule has 4 atom stereocenters. The number of benzene rings is 4. The van der Waals surface area contributed by atoms with Crippen molar-refractivity contribution in [2.75, 3.05) is 27.4 Å². The Bertz CT molecular complexity index is 1980. The molecule has 290 valence electrons. The second-order valence-electron chi connectivity index (χ2n) is 14.1. The standard InChI is InChI=1S/C43H50FN4O6P/c1-29(2)48(30(3)4)55(52-23-11-22-45)54-39-26-41(47-28-46-42-37(44)24-31(5)25-38(42)47)53-40(39)27-51-43(32-12-9-8-10-13-32,33-14-18-35(49-6)19-15-33)34-16-20-36(50-7)21-17-34/h8-10,12-21,24-25,28-30,39-41H,11,23,26-27H2,1-7H3/t39-,40+,41+,55?/m0/s1. The van der Waals surface area contributed by atoms with Crippen LogP contribution in [-0.4, -0.2) is 65.9 Å². The van der Waals surface area contributed by atoms with Gasteiger partial charge in [-0.3, -0.25) is 0 Å². The zero-order valence-electron chi connectivity index (χ0n) is 32.5. The highest BCUT2D eigenvalue weighted by atomic mass is 31.2. The smallest absolute Gasteiger partial charge is 0.259 e. The topological polar surface area (TPSA) is 100 Å². The third-order valence-corrected chi connectivity index (χ3v) is 11.9. The van der Waals surface area contributed by atoms with E-state index in [1.54, 1.807) is 20.5 Å². The first-order chi connectivity index (χ1) is 26.6. The molecular weight excluding hydrogens is 718 g/mol. The van der Waals surface area contributed by atoms with Crippen LogP contribution in [0.1, 0.15) is 69.0 Å². The molecule has 0 N–H and O–H groups in total. The zero-order valence-corrected chi connectivity index (χ0v) is 33.4. The van der Waals surface area contributed by atoms with E-state index in [0.717, 1.165) is 33.8 Å². The van der Waals surface area contributed by atoms with Gasteiger partial charge in [0.25, 0.3) is 8.53 Å². The van der Waals surface area contributed by atoms with Crippen LogP contribution >= 0.6 is 8.53 Å². The van der Waals surface area contributed by atoms with Crippen LogP contribution in [0, 0.1) is 24.1 Å². The first kappa shape index (κ1) is 40.3. The number of nitriles is 1. The quantitative estimate of drug-likeness (QED) is 0.0520. The van der Waals surface area contributed by atoms with Crippen molar-refractivity contribution in [3.63, 3.8) is 0 Å². The molecule has 5 aromatic rings. The molecule has 1 aliphatic rings. The van der Waals surface area contributed by atoms with Crippen molar-refractivity contribution in [3.8, 4) is 17.6 Å². The van der Waals surface area contributed by atoms with E-state index in [1.165, 1.54) is 6.07 Å². The van der Waals surface area contributed by atoms with Gasteiger partial charge in [-0.2, -0.15) is 5.26 Å². The number of nitrogens with zero attached hydrogens (tertiary/aromatic N) is 4. The number of hydrogen-bond donors (Lipinski definition) is 0. The molecule has 10 nitrogen and oxygen atoms in total. The van der Waals surface area contributed by atoms with Crippen molar-refractivity contribution in [2.24, 2.45) is 0 Å². The summed E-state index contributed by atoms with van der Waals surface area (Å²) in [7, 11) is 1.67. The third kappa shape index (κ3) is 8.71. The number of rotatable bonds is 17. The van der Waals surface area contributed by atoms with E-state index >= 15 is 4.39 Å². The predicted octanol–water partition coefficient (Wildman–Crippen LogP) is 9.46. The average Bonchev–Trinajstić information content (AvgIpc) is 3.79. The second kappa shape index (κ2) is 18.0. The van der Waals surface area contributed by atoms with Crippen LogP contribution in [0.15, 0.2) is 97.3 Å². The Labute approximate surface area is 324 Å². The summed E-state index contributed by atoms with van der Waals surface area (Å²) in [5.41, 5.74) is 3.29. The average molecular weight is 769 g/mol. The lowest BCUT2D eigenvalue weighted by Crippen LogP contribution is -2.39. The van der Waals surface area contributed by atoms with Crippen molar-refractivity contribution in [2.45, 2.75) is 83.6 Å². The third-order valence-electron chi connectivity index (χ3n) is 9.79. The molecule has 2 heterocycles. The van der Waals surface area contributed by atoms with Crippen LogP contribution in [0.3, 0.4) is 0 Å². The largest absolute Gasteiger partial charge is 0.497 e. The van der Waals surface area contributed by atoms with Gasteiger partial charge in [0, 0.05) is 18.5 Å². The SMILES string of the molecule is COc1ccc(C(OC[C@H]2O[C@@H](n3cnc4c(F)cc(C)cc43)C[C@@H]2OP(OCCC#N)N(C(C)C)C(C)C)(c2ccccc2)c2ccc(OC)cc2)cc1. The highest BCUT2D eigenvalue weighted by Crippen LogP contribution is 2.51. The van der Waals surface area contributed by atoms with E-state index < -0.39 is 32.6 Å². The molecule has 55 heavy (non-hydrogen) atoms. The van der Waals surface area contributed by atoms with Gasteiger partial charge in [0.15, 0.2) is 5.82 Å². The number of fused-ring (bicyclic) bond motifs is 1. The number of hydrogen-bond acceptors (Lipinski definition) is 9. The van der Waals surface area contributed by atoms with Gasteiger partial charge in [-0.1, -0.05) is 54.6 Å². The van der Waals surface area contributed by atoms with Gasteiger partial charge in [-0.15, -0.1) is 0 Å². The van der Waals surface area contributed by atoms with Crippen molar-refractivity contribution < 1.29 is 32.4 Å². The van der Waals surface area contributed by atoms with Crippen LogP contribution < -0.4 is 9.47 Å². The van der Waals surface area contributed by atoms with E-state index in [4.69, 9.17) is 28.0 Å². The molecule has 12 heteroatoms. The lowest BCUT2D eigenvalue weighted by atomic mass is 9.80. The van der Waals surface area contributed by atoms with Gasteiger partial charge in [0.2, 0.25) is 0 Å². The summed E-state index contributed by atoms with van der Waals surface area (Å²) in [6.07, 6.45) is 0.635. The molecule has 6 rings (SSSR count). The van der Waals surface area contributed by atoms with Gasteiger partial charge in [-0.25, -0.2) is 14.0 Å². The Morgan fingerprint density at radius 3 is 2.09 bits per heavy atom. The number of methoxy groups -OCH3 is 2. The Morgan fingerprint density at radius 2 is 1.53 bits per heavy atom. The highest BCUT2D eigenvalue weighted by molar-refractivity contribution is 7.44. The van der Waals surface area contributed by atoms with Crippen LogP contribution in [-0.2, 0) is 24.1 Å². The predicted molar refractivity (Wildman–Crippen MR) is 211 cm³/mol. The molecule has 4 aromatic carbocycles. The Hall–Kier alpha value is -4.40. The Morgan fingerprint density at radius 1 is 0.927 bits per heavy atom. The minimum atomic E-state index is -1.62. The minimum Gasteiger partial charge on any atom is -0.497 e. The van der Waals surface area contributed by atoms with Gasteiger partial charge < -0.3 is 32.6 Å². The number of aromatic nitrogens is 2. The van der Waals surface area contributed by atoms with Gasteiger partial charge >= 0.3 is 0 Å².